The number of aromatic amines is 1. The summed E-state index contributed by atoms with van der Waals surface area (Å²) in [5.41, 5.74) is 13.1. The second-order valence-corrected chi connectivity index (χ2v) is 9.97. The third-order valence-corrected chi connectivity index (χ3v) is 6.55. The number of hydrogen-bond acceptors (Lipinski definition) is 8. The molecule has 14 heteroatoms. The number of benzene rings is 2. The molecule has 0 spiro atoms. The van der Waals surface area contributed by atoms with Crippen LogP contribution in [-0.2, 0) is 43.2 Å². The molecule has 0 saturated heterocycles. The molecule has 0 aliphatic rings. The van der Waals surface area contributed by atoms with E-state index in [1.807, 2.05) is 0 Å². The van der Waals surface area contributed by atoms with Gasteiger partial charge >= 0.3 is 5.97 Å². The average Bonchev–Trinajstić information content (AvgIpc) is 3.49. The molecule has 10 N–H and O–H groups in total. The number of carbonyl (C=O) groups excluding carboxylic acids is 4. The van der Waals surface area contributed by atoms with Crippen LogP contribution in [0.1, 0.15) is 29.7 Å². The van der Waals surface area contributed by atoms with Gasteiger partial charge in [0.15, 0.2) is 0 Å². The van der Waals surface area contributed by atoms with Gasteiger partial charge in [0.25, 0.3) is 0 Å². The minimum atomic E-state index is -1.29. The van der Waals surface area contributed by atoms with Gasteiger partial charge in [0.2, 0.25) is 23.6 Å². The summed E-state index contributed by atoms with van der Waals surface area (Å²) in [4.78, 5) is 69.8. The standard InChI is InChI=1S/C29H35N7O7/c30-21(12-18-6-8-20(37)9-7-18)26(39)34-22(10-11-25(31)38)27(40)35-23(14-19-15-32-16-33-19)28(41)36-24(29(42)43)13-17-4-2-1-3-5-17/h1-9,15-16,21-24,37H,10-14,30H2,(H2,31,38)(H,32,33)(H,34,39)(H,35,40)(H,36,41)(H,42,43). The van der Waals surface area contributed by atoms with Gasteiger partial charge in [-0.3, -0.25) is 19.2 Å². The van der Waals surface area contributed by atoms with Crippen LogP contribution in [-0.4, -0.2) is 73.9 Å². The number of carbonyl (C=O) groups is 5. The van der Waals surface area contributed by atoms with E-state index in [0.29, 0.717) is 16.8 Å². The molecule has 1 aromatic heterocycles. The van der Waals surface area contributed by atoms with Crippen LogP contribution in [0.4, 0.5) is 0 Å². The summed E-state index contributed by atoms with van der Waals surface area (Å²) in [6, 6.07) is 9.88. The van der Waals surface area contributed by atoms with Crippen molar-refractivity contribution in [2.24, 2.45) is 11.5 Å². The molecule has 0 saturated carbocycles. The number of phenols is 1. The van der Waals surface area contributed by atoms with E-state index in [1.54, 1.807) is 42.5 Å². The predicted octanol–water partition coefficient (Wildman–Crippen LogP) is -0.725. The zero-order valence-electron chi connectivity index (χ0n) is 23.2. The van der Waals surface area contributed by atoms with Gasteiger partial charge in [0.05, 0.1) is 12.4 Å². The smallest absolute Gasteiger partial charge is 0.326 e. The lowest BCUT2D eigenvalue weighted by Crippen LogP contribution is -2.58. The summed E-state index contributed by atoms with van der Waals surface area (Å²) < 4.78 is 0. The Labute approximate surface area is 247 Å². The number of phenolic OH excluding ortho intramolecular Hbond substituents is 1. The van der Waals surface area contributed by atoms with Crippen LogP contribution < -0.4 is 27.4 Å². The Morgan fingerprint density at radius 3 is 2.00 bits per heavy atom. The van der Waals surface area contributed by atoms with E-state index in [4.69, 9.17) is 11.5 Å². The molecule has 2 aromatic carbocycles. The van der Waals surface area contributed by atoms with Crippen molar-refractivity contribution in [1.29, 1.82) is 0 Å². The molecule has 1 heterocycles. The summed E-state index contributed by atoms with van der Waals surface area (Å²) in [6.07, 6.45) is 2.42. The van der Waals surface area contributed by atoms with Crippen LogP contribution in [0.5, 0.6) is 5.75 Å². The number of rotatable bonds is 16. The number of primary amides is 1. The first-order valence-electron chi connectivity index (χ1n) is 13.5. The Bertz CT molecular complexity index is 1380. The zero-order chi connectivity index (χ0) is 31.4. The fourth-order valence-electron chi connectivity index (χ4n) is 4.23. The Morgan fingerprint density at radius 1 is 0.791 bits per heavy atom. The molecule has 0 aliphatic heterocycles. The van der Waals surface area contributed by atoms with Gasteiger partial charge in [-0.15, -0.1) is 0 Å². The summed E-state index contributed by atoms with van der Waals surface area (Å²) in [5.74, 6) is -4.21. The van der Waals surface area contributed by atoms with Crippen molar-refractivity contribution >= 4 is 29.6 Å². The minimum absolute atomic E-state index is 0.00283. The van der Waals surface area contributed by atoms with Gasteiger partial charge in [-0.2, -0.15) is 0 Å². The molecule has 0 fully saturated rings. The highest BCUT2D eigenvalue weighted by Crippen LogP contribution is 2.12. The number of nitrogens with two attached hydrogens (primary N) is 2. The number of H-pyrrole nitrogens is 1. The molecule has 0 aliphatic carbocycles. The first-order chi connectivity index (χ1) is 20.5. The van der Waals surface area contributed by atoms with Crippen molar-refractivity contribution in [1.82, 2.24) is 25.9 Å². The van der Waals surface area contributed by atoms with Crippen molar-refractivity contribution in [2.45, 2.75) is 56.3 Å². The average molecular weight is 594 g/mol. The maximum atomic E-state index is 13.4. The molecular formula is C29H35N7O7. The van der Waals surface area contributed by atoms with Gasteiger partial charge in [-0.25, -0.2) is 9.78 Å². The van der Waals surface area contributed by atoms with Gasteiger partial charge in [-0.1, -0.05) is 42.5 Å². The van der Waals surface area contributed by atoms with Gasteiger partial charge in [0.1, 0.15) is 23.9 Å². The highest BCUT2D eigenvalue weighted by Gasteiger charge is 2.31. The van der Waals surface area contributed by atoms with Crippen LogP contribution in [0, 0.1) is 0 Å². The largest absolute Gasteiger partial charge is 0.508 e. The van der Waals surface area contributed by atoms with Crippen molar-refractivity contribution in [2.75, 3.05) is 0 Å². The number of aromatic nitrogens is 2. The van der Waals surface area contributed by atoms with Crippen LogP contribution >= 0.6 is 0 Å². The Kier molecular flexibility index (Phi) is 11.8. The fourth-order valence-corrected chi connectivity index (χ4v) is 4.23. The molecule has 4 unspecified atom stereocenters. The lowest BCUT2D eigenvalue weighted by atomic mass is 10.0. The van der Waals surface area contributed by atoms with Gasteiger partial charge < -0.3 is 42.6 Å². The van der Waals surface area contributed by atoms with Crippen LogP contribution in [0.2, 0.25) is 0 Å². The summed E-state index contributed by atoms with van der Waals surface area (Å²) in [7, 11) is 0. The number of carboxylic acid groups (broad SMARTS) is 1. The molecule has 3 aromatic rings. The van der Waals surface area contributed by atoms with Gasteiger partial charge in [0, 0.05) is 31.2 Å². The molecule has 0 radical (unpaired) electrons. The number of aliphatic carboxylic acids is 1. The van der Waals surface area contributed by atoms with E-state index in [2.05, 4.69) is 25.9 Å². The van der Waals surface area contributed by atoms with E-state index in [-0.39, 0.29) is 37.9 Å². The van der Waals surface area contributed by atoms with Crippen molar-refractivity contribution in [3.05, 3.63) is 83.9 Å². The topological polar surface area (TPSA) is 243 Å². The summed E-state index contributed by atoms with van der Waals surface area (Å²) in [5, 5.41) is 26.8. The number of aromatic hydroxyl groups is 1. The Hall–Kier alpha value is -5.24. The molecule has 4 atom stereocenters. The lowest BCUT2D eigenvalue weighted by Gasteiger charge is -2.25. The van der Waals surface area contributed by atoms with E-state index in [0.717, 1.165) is 0 Å². The fraction of sp³-hybridized carbons (Fsp3) is 0.310. The Balaban J connectivity index is 1.75. The SMILES string of the molecule is NC(=O)CCC(NC(=O)C(N)Cc1ccc(O)cc1)C(=O)NC(Cc1cnc[nH]1)C(=O)NC(Cc1ccccc1)C(=O)O. The van der Waals surface area contributed by atoms with E-state index < -0.39 is 53.8 Å². The molecular weight excluding hydrogens is 558 g/mol. The number of carboxylic acids is 1. The molecule has 0 bridgehead atoms. The van der Waals surface area contributed by atoms with Gasteiger partial charge in [-0.05, 0) is 36.1 Å². The Morgan fingerprint density at radius 2 is 1.40 bits per heavy atom. The molecule has 4 amide bonds. The first-order valence-corrected chi connectivity index (χ1v) is 13.5. The lowest BCUT2D eigenvalue weighted by molar-refractivity contribution is -0.142. The number of nitrogens with zero attached hydrogens (tertiary/aromatic N) is 1. The second-order valence-electron chi connectivity index (χ2n) is 9.97. The number of amides is 4. The number of hydrogen-bond donors (Lipinski definition) is 8. The highest BCUT2D eigenvalue weighted by molar-refractivity contribution is 5.94. The van der Waals surface area contributed by atoms with Crippen molar-refractivity contribution in [3.8, 4) is 5.75 Å². The summed E-state index contributed by atoms with van der Waals surface area (Å²) in [6.45, 7) is 0. The first kappa shape index (κ1) is 32.3. The van der Waals surface area contributed by atoms with E-state index in [1.165, 1.54) is 24.7 Å². The highest BCUT2D eigenvalue weighted by atomic mass is 16.4. The number of nitrogens with one attached hydrogen (secondary N) is 4. The van der Waals surface area contributed by atoms with E-state index in [9.17, 15) is 34.2 Å². The summed E-state index contributed by atoms with van der Waals surface area (Å²) >= 11 is 0. The third kappa shape index (κ3) is 10.6. The zero-order valence-corrected chi connectivity index (χ0v) is 23.2. The van der Waals surface area contributed by atoms with E-state index >= 15 is 0 Å². The van der Waals surface area contributed by atoms with Crippen LogP contribution in [0.25, 0.3) is 0 Å². The quantitative estimate of drug-likeness (QED) is 0.104. The van der Waals surface area contributed by atoms with Crippen LogP contribution in [0.15, 0.2) is 67.1 Å². The van der Waals surface area contributed by atoms with Crippen molar-refractivity contribution < 1.29 is 34.2 Å². The van der Waals surface area contributed by atoms with Crippen LogP contribution in [0.3, 0.4) is 0 Å². The molecule has 228 valence electrons. The molecule has 43 heavy (non-hydrogen) atoms. The maximum Gasteiger partial charge on any atom is 0.326 e. The molecule has 14 nitrogen and oxygen atoms in total. The maximum absolute atomic E-state index is 13.4. The normalized spacial score (nSPS) is 13.6. The predicted molar refractivity (Wildman–Crippen MR) is 154 cm³/mol. The third-order valence-electron chi connectivity index (χ3n) is 6.55. The monoisotopic (exact) mass is 593 g/mol. The van der Waals surface area contributed by atoms with Crippen molar-refractivity contribution in [3.63, 3.8) is 0 Å². The minimum Gasteiger partial charge on any atom is -0.508 e. The number of imidazole rings is 1. The molecule has 3 rings (SSSR count). The second kappa shape index (κ2) is 15.7.